The fraction of sp³-hybridized carbons (Fsp3) is 0.455. The first-order valence-corrected chi connectivity index (χ1v) is 11.3. The molecule has 2 aliphatic rings. The molecule has 2 amide bonds. The van der Waals surface area contributed by atoms with Crippen molar-refractivity contribution in [2.75, 3.05) is 11.9 Å². The maximum absolute atomic E-state index is 13.3. The molecule has 0 saturated heterocycles. The van der Waals surface area contributed by atoms with Crippen LogP contribution in [0.4, 0.5) is 5.69 Å². The summed E-state index contributed by atoms with van der Waals surface area (Å²) in [4.78, 5) is 28.6. The van der Waals surface area contributed by atoms with Crippen LogP contribution < -0.4 is 5.32 Å². The molecule has 1 aliphatic carbocycles. The van der Waals surface area contributed by atoms with Gasteiger partial charge in [-0.1, -0.05) is 49.8 Å². The Morgan fingerprint density at radius 2 is 2.04 bits per heavy atom. The molecule has 6 heteroatoms. The monoisotopic (exact) mass is 416 g/mol. The fourth-order valence-corrected chi connectivity index (χ4v) is 5.45. The molecule has 0 bridgehead atoms. The van der Waals surface area contributed by atoms with Crippen LogP contribution in [0.1, 0.15) is 61.4 Å². The third-order valence-corrected chi connectivity index (χ3v) is 6.99. The van der Waals surface area contributed by atoms with Crippen molar-refractivity contribution in [2.24, 2.45) is 5.92 Å². The van der Waals surface area contributed by atoms with Gasteiger partial charge in [0.2, 0.25) is 11.8 Å². The number of thiophene rings is 1. The topological polar surface area (TPSA) is 49.4 Å². The van der Waals surface area contributed by atoms with E-state index in [4.69, 9.17) is 11.6 Å². The van der Waals surface area contributed by atoms with Gasteiger partial charge in [-0.15, -0.1) is 11.3 Å². The highest BCUT2D eigenvalue weighted by atomic mass is 35.5. The van der Waals surface area contributed by atoms with Crippen molar-refractivity contribution in [1.82, 2.24) is 4.90 Å². The number of carbonyl (C=O) groups excluding carboxylic acids is 2. The third-order valence-electron chi connectivity index (χ3n) is 5.83. The van der Waals surface area contributed by atoms with Gasteiger partial charge in [0.1, 0.15) is 6.54 Å². The standard InChI is InChI=1S/C22H25ClN2O2S/c23-16-9-10-18-17(13-16)22(19-7-4-12-28-19)25(14-20(26)24-18)21(27)11-8-15-5-2-1-3-6-15/h4,7,9-10,12-13,15,22H,1-3,5-6,8,11,14H2,(H,24,26). The molecule has 1 N–H and O–H groups in total. The van der Waals surface area contributed by atoms with E-state index in [1.807, 2.05) is 29.6 Å². The Balaban J connectivity index is 1.63. The maximum Gasteiger partial charge on any atom is 0.244 e. The number of benzene rings is 1. The molecule has 1 aromatic carbocycles. The van der Waals surface area contributed by atoms with Crippen molar-refractivity contribution in [3.63, 3.8) is 0 Å². The van der Waals surface area contributed by atoms with E-state index in [1.165, 1.54) is 32.1 Å². The first-order valence-electron chi connectivity index (χ1n) is 10.0. The van der Waals surface area contributed by atoms with E-state index in [0.717, 1.165) is 22.5 Å². The number of amides is 2. The highest BCUT2D eigenvalue weighted by molar-refractivity contribution is 7.10. The van der Waals surface area contributed by atoms with Crippen molar-refractivity contribution >= 4 is 40.4 Å². The molecule has 1 unspecified atom stereocenters. The molecular formula is C22H25ClN2O2S. The summed E-state index contributed by atoms with van der Waals surface area (Å²) in [5.41, 5.74) is 1.61. The number of fused-ring (bicyclic) bond motifs is 1. The first-order chi connectivity index (χ1) is 13.6. The van der Waals surface area contributed by atoms with Crippen LogP contribution in [0.25, 0.3) is 0 Å². The minimum atomic E-state index is -0.286. The minimum absolute atomic E-state index is 0.0481. The number of halogens is 1. The molecule has 0 radical (unpaired) electrons. The van der Waals surface area contributed by atoms with E-state index in [1.54, 1.807) is 22.3 Å². The zero-order valence-electron chi connectivity index (χ0n) is 15.8. The molecule has 28 heavy (non-hydrogen) atoms. The minimum Gasteiger partial charge on any atom is -0.324 e. The highest BCUT2D eigenvalue weighted by Crippen LogP contribution is 2.39. The number of hydrogen-bond acceptors (Lipinski definition) is 3. The maximum atomic E-state index is 13.3. The molecule has 4 nitrogen and oxygen atoms in total. The zero-order valence-corrected chi connectivity index (χ0v) is 17.4. The molecule has 148 valence electrons. The molecule has 1 aliphatic heterocycles. The zero-order chi connectivity index (χ0) is 19.5. The summed E-state index contributed by atoms with van der Waals surface area (Å²) in [7, 11) is 0. The van der Waals surface area contributed by atoms with Crippen LogP contribution in [-0.4, -0.2) is 23.3 Å². The Hall–Kier alpha value is -1.85. The van der Waals surface area contributed by atoms with Crippen molar-refractivity contribution in [3.8, 4) is 0 Å². The SMILES string of the molecule is O=C1CN(C(=O)CCC2CCCCC2)C(c2cccs2)c2cc(Cl)ccc2N1. The molecule has 1 atom stereocenters. The molecule has 0 spiro atoms. The number of nitrogens with one attached hydrogen (secondary N) is 1. The van der Waals surface area contributed by atoms with Gasteiger partial charge in [0.05, 0.1) is 6.04 Å². The van der Waals surface area contributed by atoms with Gasteiger partial charge in [-0.25, -0.2) is 0 Å². The lowest BCUT2D eigenvalue weighted by Gasteiger charge is -2.30. The average Bonchev–Trinajstić information content (AvgIpc) is 3.18. The second-order valence-corrected chi connectivity index (χ2v) is 9.18. The van der Waals surface area contributed by atoms with Gasteiger partial charge in [0.15, 0.2) is 0 Å². The third kappa shape index (κ3) is 4.26. The normalized spacial score (nSPS) is 20.4. The molecular weight excluding hydrogens is 392 g/mol. The highest BCUT2D eigenvalue weighted by Gasteiger charge is 2.34. The second-order valence-electron chi connectivity index (χ2n) is 7.76. The molecule has 1 saturated carbocycles. The van der Waals surface area contributed by atoms with Crippen LogP contribution in [0.15, 0.2) is 35.7 Å². The molecule has 1 aromatic heterocycles. The summed E-state index contributed by atoms with van der Waals surface area (Å²) in [6, 6.07) is 9.19. The fourth-order valence-electron chi connectivity index (χ4n) is 4.41. The summed E-state index contributed by atoms with van der Waals surface area (Å²) >= 11 is 7.87. The smallest absolute Gasteiger partial charge is 0.244 e. The predicted octanol–water partition coefficient (Wildman–Crippen LogP) is 5.63. The molecule has 1 fully saturated rings. The van der Waals surface area contributed by atoms with Crippen molar-refractivity contribution in [1.29, 1.82) is 0 Å². The second kappa shape index (κ2) is 8.66. The van der Waals surface area contributed by atoms with Crippen LogP contribution in [-0.2, 0) is 9.59 Å². The summed E-state index contributed by atoms with van der Waals surface area (Å²) in [6.45, 7) is 0.0678. The molecule has 2 heterocycles. The van der Waals surface area contributed by atoms with E-state index < -0.39 is 0 Å². The first kappa shape index (κ1) is 19.5. The van der Waals surface area contributed by atoms with E-state index in [9.17, 15) is 9.59 Å². The van der Waals surface area contributed by atoms with Crippen LogP contribution in [0.5, 0.6) is 0 Å². The van der Waals surface area contributed by atoms with Gasteiger partial charge >= 0.3 is 0 Å². The van der Waals surface area contributed by atoms with Crippen LogP contribution in [0.2, 0.25) is 5.02 Å². The molecule has 2 aromatic rings. The van der Waals surface area contributed by atoms with E-state index in [0.29, 0.717) is 17.4 Å². The lowest BCUT2D eigenvalue weighted by molar-refractivity contribution is -0.136. The van der Waals surface area contributed by atoms with E-state index in [-0.39, 0.29) is 24.4 Å². The van der Waals surface area contributed by atoms with Crippen LogP contribution >= 0.6 is 22.9 Å². The van der Waals surface area contributed by atoms with Gasteiger partial charge in [0.25, 0.3) is 0 Å². The summed E-state index contributed by atoms with van der Waals surface area (Å²) in [5, 5.41) is 5.55. The largest absolute Gasteiger partial charge is 0.324 e. The van der Waals surface area contributed by atoms with Crippen molar-refractivity contribution < 1.29 is 9.59 Å². The van der Waals surface area contributed by atoms with Gasteiger partial charge in [-0.2, -0.15) is 0 Å². The Morgan fingerprint density at radius 1 is 1.21 bits per heavy atom. The van der Waals surface area contributed by atoms with Crippen LogP contribution in [0.3, 0.4) is 0 Å². The Kier molecular flexibility index (Phi) is 6.02. The van der Waals surface area contributed by atoms with Crippen LogP contribution in [0, 0.1) is 5.92 Å². The number of nitrogens with zero attached hydrogens (tertiary/aromatic N) is 1. The number of carbonyl (C=O) groups is 2. The number of hydrogen-bond donors (Lipinski definition) is 1. The lowest BCUT2D eigenvalue weighted by Crippen LogP contribution is -2.38. The number of anilines is 1. The van der Waals surface area contributed by atoms with E-state index >= 15 is 0 Å². The molecule has 4 rings (SSSR count). The van der Waals surface area contributed by atoms with Gasteiger partial charge in [-0.3, -0.25) is 9.59 Å². The van der Waals surface area contributed by atoms with E-state index in [2.05, 4.69) is 5.32 Å². The van der Waals surface area contributed by atoms with Crippen molar-refractivity contribution in [3.05, 3.63) is 51.2 Å². The van der Waals surface area contributed by atoms with Crippen molar-refractivity contribution in [2.45, 2.75) is 51.0 Å². The van der Waals surface area contributed by atoms with Gasteiger partial charge < -0.3 is 10.2 Å². The lowest BCUT2D eigenvalue weighted by atomic mass is 9.86. The Morgan fingerprint density at radius 3 is 2.79 bits per heavy atom. The van der Waals surface area contributed by atoms with Gasteiger partial charge in [0, 0.05) is 27.6 Å². The average molecular weight is 417 g/mol. The summed E-state index contributed by atoms with van der Waals surface area (Å²) in [6.07, 6.45) is 7.71. The Labute approximate surface area is 174 Å². The Bertz CT molecular complexity index is 846. The quantitative estimate of drug-likeness (QED) is 0.701. The number of rotatable bonds is 4. The van der Waals surface area contributed by atoms with Gasteiger partial charge in [-0.05, 0) is 42.0 Å². The predicted molar refractivity (Wildman–Crippen MR) is 114 cm³/mol. The summed E-state index contributed by atoms with van der Waals surface area (Å²) in [5.74, 6) is 0.529. The summed E-state index contributed by atoms with van der Waals surface area (Å²) < 4.78 is 0.